The van der Waals surface area contributed by atoms with Gasteiger partial charge in [0.2, 0.25) is 5.91 Å². The predicted octanol–water partition coefficient (Wildman–Crippen LogP) is 3.85. The number of amides is 1. The van der Waals surface area contributed by atoms with Crippen molar-refractivity contribution in [2.24, 2.45) is 5.41 Å². The van der Waals surface area contributed by atoms with E-state index in [4.69, 9.17) is 4.74 Å². The molecular weight excluding hydrogens is 398 g/mol. The normalized spacial score (nSPS) is 16.6. The summed E-state index contributed by atoms with van der Waals surface area (Å²) in [6, 6.07) is 18.7. The lowest BCUT2D eigenvalue weighted by atomic mass is 9.78. The summed E-state index contributed by atoms with van der Waals surface area (Å²) in [6.45, 7) is 2.72. The molecule has 30 heavy (non-hydrogen) atoms. The Morgan fingerprint density at radius 1 is 1.10 bits per heavy atom. The van der Waals surface area contributed by atoms with E-state index in [-0.39, 0.29) is 24.2 Å². The minimum atomic E-state index is -0.443. The SMILES string of the molecule is COCC1(C(=O)NCC(c2ccccc2)c2c[nH]c3ccccc23)CCNCC1.Cl. The number of fused-ring (bicyclic) bond motifs is 1. The van der Waals surface area contributed by atoms with Crippen molar-refractivity contribution in [3.8, 4) is 0 Å². The standard InChI is InChI=1S/C24H29N3O2.ClH/c1-29-17-24(11-13-25-14-12-24)23(28)27-15-20(18-7-3-2-4-8-18)21-16-26-22-10-6-5-9-19(21)22;/h2-10,16,20,25-26H,11-15,17H2,1H3,(H,27,28);1H. The van der Waals surface area contributed by atoms with Gasteiger partial charge in [-0.05, 0) is 43.1 Å². The number of hydrogen-bond acceptors (Lipinski definition) is 3. The summed E-state index contributed by atoms with van der Waals surface area (Å²) < 4.78 is 5.43. The number of piperidine rings is 1. The van der Waals surface area contributed by atoms with Crippen LogP contribution in [0.1, 0.15) is 29.9 Å². The van der Waals surface area contributed by atoms with Gasteiger partial charge in [0, 0.05) is 36.7 Å². The third-order valence-electron chi connectivity index (χ3n) is 6.13. The molecule has 3 N–H and O–H groups in total. The number of carbonyl (C=O) groups is 1. The second-order valence-corrected chi connectivity index (χ2v) is 7.93. The summed E-state index contributed by atoms with van der Waals surface area (Å²) in [5, 5.41) is 7.81. The van der Waals surface area contributed by atoms with Crippen LogP contribution >= 0.6 is 12.4 Å². The van der Waals surface area contributed by atoms with Gasteiger partial charge in [-0.3, -0.25) is 4.79 Å². The maximum atomic E-state index is 13.3. The number of halogens is 1. The first kappa shape index (κ1) is 22.3. The zero-order valence-corrected chi connectivity index (χ0v) is 18.1. The molecule has 160 valence electrons. The number of H-pyrrole nitrogens is 1. The Kier molecular flexibility index (Phi) is 7.53. The largest absolute Gasteiger partial charge is 0.384 e. The smallest absolute Gasteiger partial charge is 0.228 e. The van der Waals surface area contributed by atoms with E-state index in [1.54, 1.807) is 7.11 Å². The van der Waals surface area contributed by atoms with Crippen LogP contribution in [0.15, 0.2) is 60.8 Å². The number of para-hydroxylation sites is 1. The number of carbonyl (C=O) groups excluding carboxylic acids is 1. The summed E-state index contributed by atoms with van der Waals surface area (Å²) in [6.07, 6.45) is 3.68. The molecule has 0 bridgehead atoms. The number of ether oxygens (including phenoxy) is 1. The zero-order chi connectivity index (χ0) is 20.1. The Hall–Kier alpha value is -2.34. The Labute approximate surface area is 184 Å². The van der Waals surface area contributed by atoms with Crippen LogP contribution in [0.25, 0.3) is 10.9 Å². The van der Waals surface area contributed by atoms with Crippen LogP contribution in [0.3, 0.4) is 0 Å². The molecule has 0 spiro atoms. The van der Waals surface area contributed by atoms with E-state index in [1.807, 2.05) is 12.1 Å². The van der Waals surface area contributed by atoms with Crippen molar-refractivity contribution in [3.05, 3.63) is 71.9 Å². The van der Waals surface area contributed by atoms with Gasteiger partial charge in [0.15, 0.2) is 0 Å². The van der Waals surface area contributed by atoms with E-state index in [0.29, 0.717) is 13.2 Å². The van der Waals surface area contributed by atoms with Crippen molar-refractivity contribution < 1.29 is 9.53 Å². The summed E-state index contributed by atoms with van der Waals surface area (Å²) in [5.74, 6) is 0.180. The van der Waals surface area contributed by atoms with Crippen LogP contribution in [0.5, 0.6) is 0 Å². The van der Waals surface area contributed by atoms with Gasteiger partial charge in [0.05, 0.1) is 12.0 Å². The summed E-state index contributed by atoms with van der Waals surface area (Å²) in [5.41, 5.74) is 3.08. The minimum absolute atomic E-state index is 0. The van der Waals surface area contributed by atoms with Gasteiger partial charge in [-0.25, -0.2) is 0 Å². The predicted molar refractivity (Wildman–Crippen MR) is 123 cm³/mol. The highest BCUT2D eigenvalue weighted by atomic mass is 35.5. The molecule has 1 aliphatic rings. The molecule has 3 aromatic rings. The van der Waals surface area contributed by atoms with Gasteiger partial charge in [-0.1, -0.05) is 48.5 Å². The molecule has 0 aliphatic carbocycles. The lowest BCUT2D eigenvalue weighted by molar-refractivity contribution is -0.136. The molecule has 1 unspecified atom stereocenters. The average molecular weight is 428 g/mol. The van der Waals surface area contributed by atoms with Crippen molar-refractivity contribution in [2.45, 2.75) is 18.8 Å². The lowest BCUT2D eigenvalue weighted by Gasteiger charge is -2.36. The quantitative estimate of drug-likeness (QED) is 0.536. The minimum Gasteiger partial charge on any atom is -0.384 e. The third kappa shape index (κ3) is 4.53. The summed E-state index contributed by atoms with van der Waals surface area (Å²) in [7, 11) is 1.68. The molecule has 2 aromatic carbocycles. The Morgan fingerprint density at radius 2 is 1.80 bits per heavy atom. The molecule has 1 fully saturated rings. The van der Waals surface area contributed by atoms with Gasteiger partial charge >= 0.3 is 0 Å². The number of nitrogens with one attached hydrogen (secondary N) is 3. The van der Waals surface area contributed by atoms with Crippen LogP contribution in [-0.2, 0) is 9.53 Å². The Bertz CT molecular complexity index is 946. The highest BCUT2D eigenvalue weighted by molar-refractivity contribution is 5.86. The monoisotopic (exact) mass is 427 g/mol. The third-order valence-corrected chi connectivity index (χ3v) is 6.13. The van der Waals surface area contributed by atoms with E-state index < -0.39 is 5.41 Å². The Morgan fingerprint density at radius 3 is 2.53 bits per heavy atom. The summed E-state index contributed by atoms with van der Waals surface area (Å²) >= 11 is 0. The first-order valence-electron chi connectivity index (χ1n) is 10.3. The summed E-state index contributed by atoms with van der Waals surface area (Å²) in [4.78, 5) is 16.6. The van der Waals surface area contributed by atoms with Crippen LogP contribution < -0.4 is 10.6 Å². The van der Waals surface area contributed by atoms with Crippen LogP contribution in [0.4, 0.5) is 0 Å². The van der Waals surface area contributed by atoms with Crippen molar-refractivity contribution in [2.75, 3.05) is 33.4 Å². The highest BCUT2D eigenvalue weighted by Gasteiger charge is 2.39. The van der Waals surface area contributed by atoms with Gasteiger partial charge in [0.25, 0.3) is 0 Å². The molecule has 1 atom stereocenters. The van der Waals surface area contributed by atoms with E-state index in [0.717, 1.165) is 31.4 Å². The average Bonchev–Trinajstić information content (AvgIpc) is 3.19. The van der Waals surface area contributed by atoms with E-state index >= 15 is 0 Å². The molecule has 1 amide bonds. The van der Waals surface area contributed by atoms with Crippen molar-refractivity contribution in [1.29, 1.82) is 0 Å². The van der Waals surface area contributed by atoms with Gasteiger partial charge in [0.1, 0.15) is 0 Å². The first-order valence-corrected chi connectivity index (χ1v) is 10.3. The maximum absolute atomic E-state index is 13.3. The fourth-order valence-electron chi connectivity index (χ4n) is 4.48. The van der Waals surface area contributed by atoms with Gasteiger partial charge in [-0.15, -0.1) is 12.4 Å². The molecule has 4 rings (SSSR count). The van der Waals surface area contributed by atoms with Crippen molar-refractivity contribution >= 4 is 29.2 Å². The van der Waals surface area contributed by atoms with Crippen molar-refractivity contribution in [3.63, 3.8) is 0 Å². The van der Waals surface area contributed by atoms with Gasteiger partial charge < -0.3 is 20.4 Å². The molecule has 0 radical (unpaired) electrons. The lowest BCUT2D eigenvalue weighted by Crippen LogP contribution is -2.50. The second-order valence-electron chi connectivity index (χ2n) is 7.93. The number of methoxy groups -OCH3 is 1. The molecule has 5 nitrogen and oxygen atoms in total. The number of hydrogen-bond donors (Lipinski definition) is 3. The molecule has 2 heterocycles. The first-order chi connectivity index (χ1) is 14.2. The fraction of sp³-hybridized carbons (Fsp3) is 0.375. The second kappa shape index (κ2) is 10.1. The van der Waals surface area contributed by atoms with E-state index in [9.17, 15) is 4.79 Å². The number of aromatic amines is 1. The van der Waals surface area contributed by atoms with Gasteiger partial charge in [-0.2, -0.15) is 0 Å². The molecule has 6 heteroatoms. The van der Waals surface area contributed by atoms with Crippen LogP contribution in [0.2, 0.25) is 0 Å². The molecule has 1 saturated heterocycles. The van der Waals surface area contributed by atoms with E-state index in [1.165, 1.54) is 16.5 Å². The number of aromatic nitrogens is 1. The maximum Gasteiger partial charge on any atom is 0.228 e. The fourth-order valence-corrected chi connectivity index (χ4v) is 4.48. The molecular formula is C24H30ClN3O2. The van der Waals surface area contributed by atoms with Crippen LogP contribution in [-0.4, -0.2) is 44.2 Å². The zero-order valence-electron chi connectivity index (χ0n) is 17.3. The molecule has 1 aromatic heterocycles. The number of benzene rings is 2. The van der Waals surface area contributed by atoms with Crippen LogP contribution in [0, 0.1) is 5.41 Å². The topological polar surface area (TPSA) is 66.1 Å². The molecule has 1 aliphatic heterocycles. The highest BCUT2D eigenvalue weighted by Crippen LogP contribution is 2.32. The molecule has 0 saturated carbocycles. The number of rotatable bonds is 7. The van der Waals surface area contributed by atoms with E-state index in [2.05, 4.69) is 64.3 Å². The Balaban J connectivity index is 0.00000256. The van der Waals surface area contributed by atoms with Crippen molar-refractivity contribution in [1.82, 2.24) is 15.6 Å².